The van der Waals surface area contributed by atoms with Crippen molar-refractivity contribution in [2.24, 2.45) is 0 Å². The minimum Gasteiger partial charge on any atom is -0.344 e. The van der Waals surface area contributed by atoms with Crippen LogP contribution in [0, 0.1) is 6.92 Å². The predicted octanol–water partition coefficient (Wildman–Crippen LogP) is 1.21. The topological polar surface area (TPSA) is 77.5 Å². The van der Waals surface area contributed by atoms with Gasteiger partial charge in [0, 0.05) is 18.9 Å². The van der Waals surface area contributed by atoms with Crippen LogP contribution in [0.4, 0.5) is 5.82 Å². The van der Waals surface area contributed by atoms with Crippen LogP contribution in [-0.2, 0) is 0 Å². The van der Waals surface area contributed by atoms with E-state index in [0.717, 1.165) is 42.5 Å². The molecule has 22 heavy (non-hydrogen) atoms. The standard InChI is InChI=1S/C14H14N8/c1-9-18-19-13-10-3-2-5-21(10)12-11(22(9)13)7-16-14(17-12)20-6-4-15-8-20/h4,6-8,10H,2-3,5H2,1H3/t10-/m1/s1. The molecule has 5 heterocycles. The highest BCUT2D eigenvalue weighted by Gasteiger charge is 2.38. The van der Waals surface area contributed by atoms with Gasteiger partial charge in [-0.3, -0.25) is 9.13 Å². The van der Waals surface area contributed by atoms with Crippen molar-refractivity contribution in [1.82, 2.24) is 34.3 Å². The molecule has 0 unspecified atom stereocenters. The van der Waals surface area contributed by atoms with Gasteiger partial charge in [-0.05, 0) is 19.8 Å². The summed E-state index contributed by atoms with van der Waals surface area (Å²) in [6, 6.07) is 0.263. The minimum absolute atomic E-state index is 0.263. The summed E-state index contributed by atoms with van der Waals surface area (Å²) < 4.78 is 3.90. The number of nitrogens with zero attached hydrogens (tertiary/aromatic N) is 8. The van der Waals surface area contributed by atoms with Crippen LogP contribution < -0.4 is 4.90 Å². The van der Waals surface area contributed by atoms with E-state index in [9.17, 15) is 0 Å². The molecule has 0 N–H and O–H groups in total. The second-order valence-electron chi connectivity index (χ2n) is 5.64. The maximum Gasteiger partial charge on any atom is 0.236 e. The smallest absolute Gasteiger partial charge is 0.236 e. The lowest BCUT2D eigenvalue weighted by Crippen LogP contribution is -2.32. The second-order valence-corrected chi connectivity index (χ2v) is 5.64. The maximum absolute atomic E-state index is 4.78. The van der Waals surface area contributed by atoms with E-state index in [2.05, 4.69) is 29.6 Å². The molecule has 0 amide bonds. The lowest BCUT2D eigenvalue weighted by Gasteiger charge is -2.32. The summed E-state index contributed by atoms with van der Waals surface area (Å²) in [6.45, 7) is 2.96. The highest BCUT2D eigenvalue weighted by Crippen LogP contribution is 2.42. The van der Waals surface area contributed by atoms with E-state index in [1.165, 1.54) is 0 Å². The first-order valence-corrected chi connectivity index (χ1v) is 7.37. The highest BCUT2D eigenvalue weighted by atomic mass is 15.4. The summed E-state index contributed by atoms with van der Waals surface area (Å²) in [5.41, 5.74) is 0.958. The van der Waals surface area contributed by atoms with Crippen molar-refractivity contribution >= 4 is 5.82 Å². The Labute approximate surface area is 126 Å². The lowest BCUT2D eigenvalue weighted by molar-refractivity contribution is 0.616. The Hall–Kier alpha value is -2.77. The molecule has 0 aliphatic carbocycles. The third kappa shape index (κ3) is 1.44. The third-order valence-corrected chi connectivity index (χ3v) is 4.39. The van der Waals surface area contributed by atoms with Gasteiger partial charge in [0.2, 0.25) is 5.95 Å². The largest absolute Gasteiger partial charge is 0.344 e. The lowest BCUT2D eigenvalue weighted by atomic mass is 10.1. The van der Waals surface area contributed by atoms with E-state index in [-0.39, 0.29) is 6.04 Å². The molecule has 3 aromatic rings. The van der Waals surface area contributed by atoms with Crippen molar-refractivity contribution in [1.29, 1.82) is 0 Å². The first kappa shape index (κ1) is 11.8. The van der Waals surface area contributed by atoms with Gasteiger partial charge in [0.05, 0.1) is 12.2 Å². The van der Waals surface area contributed by atoms with Crippen LogP contribution in [-0.4, -0.2) is 40.8 Å². The van der Waals surface area contributed by atoms with Gasteiger partial charge in [0.25, 0.3) is 0 Å². The summed E-state index contributed by atoms with van der Waals surface area (Å²) >= 11 is 0. The summed E-state index contributed by atoms with van der Waals surface area (Å²) in [5.74, 6) is 3.47. The Morgan fingerprint density at radius 1 is 1.27 bits per heavy atom. The zero-order valence-electron chi connectivity index (χ0n) is 12.1. The van der Waals surface area contributed by atoms with Gasteiger partial charge in [-0.25, -0.2) is 9.97 Å². The van der Waals surface area contributed by atoms with Gasteiger partial charge in [0.15, 0.2) is 11.6 Å². The van der Waals surface area contributed by atoms with Gasteiger partial charge in [-0.1, -0.05) is 0 Å². The number of anilines is 1. The van der Waals surface area contributed by atoms with Crippen molar-refractivity contribution < 1.29 is 0 Å². The van der Waals surface area contributed by atoms with Crippen LogP contribution in [0.2, 0.25) is 0 Å². The predicted molar refractivity (Wildman–Crippen MR) is 78.1 cm³/mol. The zero-order chi connectivity index (χ0) is 14.7. The first-order valence-electron chi connectivity index (χ1n) is 7.37. The van der Waals surface area contributed by atoms with E-state index >= 15 is 0 Å². The first-order chi connectivity index (χ1) is 10.8. The SMILES string of the molecule is Cc1nnc2n1-c1cnc(-n3ccnc3)nc1N1CCC[C@H]21. The van der Waals surface area contributed by atoms with Crippen LogP contribution >= 0.6 is 0 Å². The monoisotopic (exact) mass is 294 g/mol. The van der Waals surface area contributed by atoms with Crippen LogP contribution in [0.3, 0.4) is 0 Å². The fraction of sp³-hybridized carbons (Fsp3) is 0.357. The molecule has 0 saturated carbocycles. The van der Waals surface area contributed by atoms with E-state index in [1.807, 2.05) is 23.9 Å². The molecule has 0 spiro atoms. The molecule has 0 aromatic carbocycles. The van der Waals surface area contributed by atoms with E-state index < -0.39 is 0 Å². The Kier molecular flexibility index (Phi) is 2.22. The number of aromatic nitrogens is 7. The minimum atomic E-state index is 0.263. The molecule has 1 fully saturated rings. The molecule has 0 radical (unpaired) electrons. The Balaban J connectivity index is 1.76. The van der Waals surface area contributed by atoms with Crippen molar-refractivity contribution in [3.05, 3.63) is 36.6 Å². The maximum atomic E-state index is 4.78. The van der Waals surface area contributed by atoms with E-state index in [1.54, 1.807) is 12.5 Å². The summed E-state index contributed by atoms with van der Waals surface area (Å²) in [4.78, 5) is 15.6. The molecule has 1 atom stereocenters. The third-order valence-electron chi connectivity index (χ3n) is 4.39. The highest BCUT2D eigenvalue weighted by molar-refractivity contribution is 5.63. The second kappa shape index (κ2) is 4.12. The summed E-state index contributed by atoms with van der Waals surface area (Å²) in [6.07, 6.45) is 9.36. The molecule has 2 aliphatic heterocycles. The summed E-state index contributed by atoms with van der Waals surface area (Å²) in [7, 11) is 0. The molecule has 3 aromatic heterocycles. The molecule has 1 saturated heterocycles. The number of fused-ring (bicyclic) bond motifs is 6. The van der Waals surface area contributed by atoms with Gasteiger partial charge in [0.1, 0.15) is 17.8 Å². The molecule has 2 aliphatic rings. The normalized spacial score (nSPS) is 19.0. The van der Waals surface area contributed by atoms with Gasteiger partial charge in [-0.2, -0.15) is 4.98 Å². The molecule has 0 bridgehead atoms. The quantitative estimate of drug-likeness (QED) is 0.671. The number of aryl methyl sites for hydroxylation is 1. The fourth-order valence-electron chi connectivity index (χ4n) is 3.41. The van der Waals surface area contributed by atoms with Crippen molar-refractivity contribution in [3.8, 4) is 11.6 Å². The molecular formula is C14H14N8. The van der Waals surface area contributed by atoms with Gasteiger partial charge in [-0.15, -0.1) is 10.2 Å². The molecule has 5 rings (SSSR count). The number of hydrogen-bond donors (Lipinski definition) is 0. The van der Waals surface area contributed by atoms with Gasteiger partial charge >= 0.3 is 0 Å². The van der Waals surface area contributed by atoms with E-state index in [4.69, 9.17) is 4.98 Å². The molecule has 8 heteroatoms. The van der Waals surface area contributed by atoms with Crippen LogP contribution in [0.15, 0.2) is 24.9 Å². The zero-order valence-corrected chi connectivity index (χ0v) is 12.1. The number of rotatable bonds is 1. The average Bonchev–Trinajstić information content (AvgIpc) is 3.27. The Bertz CT molecular complexity index is 850. The molecular weight excluding hydrogens is 280 g/mol. The molecule has 8 nitrogen and oxygen atoms in total. The van der Waals surface area contributed by atoms with Crippen LogP contribution in [0.5, 0.6) is 0 Å². The van der Waals surface area contributed by atoms with Crippen LogP contribution in [0.25, 0.3) is 11.6 Å². The summed E-state index contributed by atoms with van der Waals surface area (Å²) in [5, 5.41) is 8.62. The molecule has 110 valence electrons. The van der Waals surface area contributed by atoms with E-state index in [0.29, 0.717) is 5.95 Å². The van der Waals surface area contributed by atoms with Crippen LogP contribution in [0.1, 0.15) is 30.5 Å². The Morgan fingerprint density at radius 2 is 2.23 bits per heavy atom. The van der Waals surface area contributed by atoms with Crippen molar-refractivity contribution in [2.45, 2.75) is 25.8 Å². The van der Waals surface area contributed by atoms with Crippen molar-refractivity contribution in [2.75, 3.05) is 11.4 Å². The average molecular weight is 294 g/mol. The number of imidazole rings is 1. The number of hydrogen-bond acceptors (Lipinski definition) is 6. The Morgan fingerprint density at radius 3 is 3.09 bits per heavy atom. The van der Waals surface area contributed by atoms with Crippen molar-refractivity contribution in [3.63, 3.8) is 0 Å². The van der Waals surface area contributed by atoms with Gasteiger partial charge < -0.3 is 4.90 Å². The fourth-order valence-corrected chi connectivity index (χ4v) is 3.41.